The molecule has 0 spiro atoms. The quantitative estimate of drug-likeness (QED) is 0.882. The van der Waals surface area contributed by atoms with Gasteiger partial charge in [-0.05, 0) is 37.7 Å². The molecule has 1 fully saturated rings. The van der Waals surface area contributed by atoms with Gasteiger partial charge in [0.1, 0.15) is 5.82 Å². The van der Waals surface area contributed by atoms with E-state index in [0.717, 1.165) is 12.8 Å². The molecule has 0 saturated heterocycles. The Morgan fingerprint density at radius 2 is 2.21 bits per heavy atom. The SMILES string of the molecule is CNc1ccc(C(=O)NC2CCCC(SC)C2)nn1. The number of amides is 1. The average Bonchev–Trinajstić information content (AvgIpc) is 2.47. The van der Waals surface area contributed by atoms with Crippen molar-refractivity contribution in [3.8, 4) is 0 Å². The van der Waals surface area contributed by atoms with E-state index >= 15 is 0 Å². The number of hydrogen-bond donors (Lipinski definition) is 2. The van der Waals surface area contributed by atoms with Crippen molar-refractivity contribution in [1.82, 2.24) is 15.5 Å². The summed E-state index contributed by atoms with van der Waals surface area (Å²) >= 11 is 1.89. The van der Waals surface area contributed by atoms with Crippen LogP contribution in [0.2, 0.25) is 0 Å². The van der Waals surface area contributed by atoms with Crippen molar-refractivity contribution in [1.29, 1.82) is 0 Å². The van der Waals surface area contributed by atoms with Crippen molar-refractivity contribution in [3.63, 3.8) is 0 Å². The monoisotopic (exact) mass is 280 g/mol. The molecule has 1 aromatic heterocycles. The van der Waals surface area contributed by atoms with Gasteiger partial charge in [0.2, 0.25) is 0 Å². The molecular formula is C13H20N4OS. The first-order valence-electron chi connectivity index (χ1n) is 6.58. The van der Waals surface area contributed by atoms with E-state index in [1.165, 1.54) is 12.8 Å². The first-order chi connectivity index (χ1) is 9.22. The van der Waals surface area contributed by atoms with E-state index in [9.17, 15) is 4.79 Å². The Labute approximate surface area is 118 Å². The van der Waals surface area contributed by atoms with Gasteiger partial charge in [0, 0.05) is 18.3 Å². The Morgan fingerprint density at radius 3 is 2.84 bits per heavy atom. The van der Waals surface area contributed by atoms with Gasteiger partial charge < -0.3 is 10.6 Å². The van der Waals surface area contributed by atoms with Crippen LogP contribution >= 0.6 is 11.8 Å². The second kappa shape index (κ2) is 6.75. The highest BCUT2D eigenvalue weighted by atomic mass is 32.2. The third-order valence-corrected chi connectivity index (χ3v) is 4.54. The van der Waals surface area contributed by atoms with Crippen LogP contribution in [0.4, 0.5) is 5.82 Å². The lowest BCUT2D eigenvalue weighted by Gasteiger charge is -2.28. The van der Waals surface area contributed by atoms with Crippen LogP contribution in [-0.4, -0.2) is 40.7 Å². The van der Waals surface area contributed by atoms with Crippen LogP contribution < -0.4 is 10.6 Å². The third-order valence-electron chi connectivity index (χ3n) is 3.45. The molecule has 2 N–H and O–H groups in total. The Balaban J connectivity index is 1.92. The number of carbonyl (C=O) groups excluding carboxylic acids is 1. The highest BCUT2D eigenvalue weighted by Gasteiger charge is 2.23. The molecule has 1 aliphatic carbocycles. The molecule has 1 heterocycles. The highest BCUT2D eigenvalue weighted by molar-refractivity contribution is 7.99. The summed E-state index contributed by atoms with van der Waals surface area (Å²) in [6.07, 6.45) is 6.68. The van der Waals surface area contributed by atoms with E-state index < -0.39 is 0 Å². The van der Waals surface area contributed by atoms with E-state index in [1.54, 1.807) is 19.2 Å². The molecule has 104 valence electrons. The Morgan fingerprint density at radius 1 is 1.37 bits per heavy atom. The molecule has 5 nitrogen and oxygen atoms in total. The molecule has 0 radical (unpaired) electrons. The molecule has 0 aliphatic heterocycles. The number of anilines is 1. The summed E-state index contributed by atoms with van der Waals surface area (Å²) in [6, 6.07) is 3.72. The summed E-state index contributed by atoms with van der Waals surface area (Å²) in [7, 11) is 1.77. The molecular weight excluding hydrogens is 260 g/mol. The largest absolute Gasteiger partial charge is 0.372 e. The standard InChI is InChI=1S/C13H20N4OS/c1-14-12-7-6-11(16-17-12)13(18)15-9-4-3-5-10(8-9)19-2/h6-7,9-10H,3-5,8H2,1-2H3,(H,14,17)(H,15,18). The zero-order valence-corrected chi connectivity index (χ0v) is 12.2. The van der Waals surface area contributed by atoms with Crippen LogP contribution in [0.5, 0.6) is 0 Å². The van der Waals surface area contributed by atoms with Crippen LogP contribution in [0.15, 0.2) is 12.1 Å². The fraction of sp³-hybridized carbons (Fsp3) is 0.615. The average molecular weight is 280 g/mol. The number of aromatic nitrogens is 2. The van der Waals surface area contributed by atoms with Crippen molar-refractivity contribution >= 4 is 23.5 Å². The zero-order chi connectivity index (χ0) is 13.7. The molecule has 2 atom stereocenters. The minimum absolute atomic E-state index is 0.123. The predicted molar refractivity (Wildman–Crippen MR) is 78.6 cm³/mol. The van der Waals surface area contributed by atoms with Gasteiger partial charge >= 0.3 is 0 Å². The lowest BCUT2D eigenvalue weighted by molar-refractivity contribution is 0.0922. The summed E-state index contributed by atoms with van der Waals surface area (Å²) in [5.41, 5.74) is 0.380. The molecule has 6 heteroatoms. The van der Waals surface area contributed by atoms with Crippen molar-refractivity contribution < 1.29 is 4.79 Å². The Hall–Kier alpha value is -1.30. The van der Waals surface area contributed by atoms with Gasteiger partial charge in [-0.1, -0.05) is 6.42 Å². The summed E-state index contributed by atoms with van der Waals surface area (Å²) < 4.78 is 0. The van der Waals surface area contributed by atoms with Crippen LogP contribution in [0.1, 0.15) is 36.2 Å². The van der Waals surface area contributed by atoms with Crippen LogP contribution in [0.25, 0.3) is 0 Å². The van der Waals surface area contributed by atoms with Crippen molar-refractivity contribution in [3.05, 3.63) is 17.8 Å². The summed E-state index contributed by atoms with van der Waals surface area (Å²) in [5.74, 6) is 0.540. The fourth-order valence-electron chi connectivity index (χ4n) is 2.34. The van der Waals surface area contributed by atoms with Crippen molar-refractivity contribution in [2.24, 2.45) is 0 Å². The maximum atomic E-state index is 12.1. The van der Waals surface area contributed by atoms with Crippen LogP contribution in [0, 0.1) is 0 Å². The molecule has 0 aromatic carbocycles. The number of carbonyl (C=O) groups is 1. The number of nitrogens with zero attached hydrogens (tertiary/aromatic N) is 2. The molecule has 0 bridgehead atoms. The van der Waals surface area contributed by atoms with Gasteiger partial charge in [-0.25, -0.2) is 0 Å². The minimum atomic E-state index is -0.123. The van der Waals surface area contributed by atoms with Gasteiger partial charge in [-0.3, -0.25) is 4.79 Å². The second-order valence-corrected chi connectivity index (χ2v) is 5.89. The fourth-order valence-corrected chi connectivity index (χ4v) is 3.16. The lowest BCUT2D eigenvalue weighted by atomic mass is 9.95. The predicted octanol–water partition coefficient (Wildman–Crippen LogP) is 1.92. The summed E-state index contributed by atoms with van der Waals surface area (Å²) in [5, 5.41) is 14.4. The van der Waals surface area contributed by atoms with Crippen molar-refractivity contribution in [2.45, 2.75) is 37.0 Å². The van der Waals surface area contributed by atoms with E-state index in [1.807, 2.05) is 11.8 Å². The molecule has 19 heavy (non-hydrogen) atoms. The highest BCUT2D eigenvalue weighted by Crippen LogP contribution is 2.26. The van der Waals surface area contributed by atoms with Crippen LogP contribution in [-0.2, 0) is 0 Å². The molecule has 1 amide bonds. The molecule has 1 aliphatic rings. The minimum Gasteiger partial charge on any atom is -0.372 e. The first kappa shape index (κ1) is 14.1. The Kier molecular flexibility index (Phi) is 5.01. The van der Waals surface area contributed by atoms with Gasteiger partial charge in [-0.2, -0.15) is 11.8 Å². The van der Waals surface area contributed by atoms with Gasteiger partial charge in [0.15, 0.2) is 5.69 Å². The lowest BCUT2D eigenvalue weighted by Crippen LogP contribution is -2.39. The van der Waals surface area contributed by atoms with E-state index in [4.69, 9.17) is 0 Å². The number of hydrogen-bond acceptors (Lipinski definition) is 5. The van der Waals surface area contributed by atoms with Crippen LogP contribution in [0.3, 0.4) is 0 Å². The molecule has 1 saturated carbocycles. The number of thioether (sulfide) groups is 1. The van der Waals surface area contributed by atoms with Gasteiger partial charge in [-0.15, -0.1) is 10.2 Å². The van der Waals surface area contributed by atoms with E-state index in [0.29, 0.717) is 16.8 Å². The van der Waals surface area contributed by atoms with Gasteiger partial charge in [0.05, 0.1) is 0 Å². The van der Waals surface area contributed by atoms with Gasteiger partial charge in [0.25, 0.3) is 5.91 Å². The molecule has 2 rings (SSSR count). The third kappa shape index (κ3) is 3.83. The normalized spacial score (nSPS) is 22.8. The molecule has 2 unspecified atom stereocenters. The smallest absolute Gasteiger partial charge is 0.272 e. The maximum Gasteiger partial charge on any atom is 0.272 e. The topological polar surface area (TPSA) is 66.9 Å². The summed E-state index contributed by atoms with van der Waals surface area (Å²) in [4.78, 5) is 12.1. The van der Waals surface area contributed by atoms with E-state index in [2.05, 4.69) is 27.1 Å². The second-order valence-electron chi connectivity index (χ2n) is 4.75. The first-order valence-corrected chi connectivity index (χ1v) is 7.87. The number of nitrogens with one attached hydrogen (secondary N) is 2. The van der Waals surface area contributed by atoms with E-state index in [-0.39, 0.29) is 11.9 Å². The summed E-state index contributed by atoms with van der Waals surface area (Å²) in [6.45, 7) is 0. The molecule has 1 aromatic rings. The maximum absolute atomic E-state index is 12.1. The Bertz CT molecular complexity index is 423. The zero-order valence-electron chi connectivity index (χ0n) is 11.3. The number of rotatable bonds is 4. The van der Waals surface area contributed by atoms with Crippen molar-refractivity contribution in [2.75, 3.05) is 18.6 Å².